The smallest absolute Gasteiger partial charge is 0.269 e. The topological polar surface area (TPSA) is 49.6 Å². The summed E-state index contributed by atoms with van der Waals surface area (Å²) in [6.07, 6.45) is 0. The first-order valence-electron chi connectivity index (χ1n) is 7.01. The minimum absolute atomic E-state index is 0.178. The third kappa shape index (κ3) is 4.28. The molecule has 5 heteroatoms. The van der Waals surface area contributed by atoms with Gasteiger partial charge in [0.2, 0.25) is 0 Å². The van der Waals surface area contributed by atoms with Gasteiger partial charge in [0.15, 0.2) is 0 Å². The van der Waals surface area contributed by atoms with Crippen LogP contribution in [0.25, 0.3) is 0 Å². The van der Waals surface area contributed by atoms with Gasteiger partial charge in [0.05, 0.1) is 4.92 Å². The number of nitro groups is 1. The fraction of sp³-hybridized carbons (Fsp3) is 0.533. The maximum Gasteiger partial charge on any atom is 0.269 e. The van der Waals surface area contributed by atoms with E-state index in [4.69, 9.17) is 0 Å². The highest BCUT2D eigenvalue weighted by atomic mass is 16.6. The van der Waals surface area contributed by atoms with Crippen LogP contribution in [-0.2, 0) is 6.54 Å². The molecule has 0 bridgehead atoms. The van der Waals surface area contributed by atoms with Crippen molar-refractivity contribution in [2.45, 2.75) is 20.4 Å². The van der Waals surface area contributed by atoms with Crippen LogP contribution in [0.1, 0.15) is 19.4 Å². The van der Waals surface area contributed by atoms with Crippen molar-refractivity contribution in [2.24, 2.45) is 0 Å². The molecule has 1 radical (unpaired) electrons. The maximum atomic E-state index is 10.8. The lowest BCUT2D eigenvalue weighted by Crippen LogP contribution is -2.46. The standard InChI is InChI=1S/C15H22N3O2/c1-13(2)11-16-6-8-17(9-7-16)12-14-4-3-5-15(10-14)18(19)20/h3-5,10H,6-9,11-12H2,1-2H3. The largest absolute Gasteiger partial charge is 0.300 e. The van der Waals surface area contributed by atoms with E-state index >= 15 is 0 Å². The van der Waals surface area contributed by atoms with Crippen molar-refractivity contribution >= 4 is 5.69 Å². The summed E-state index contributed by atoms with van der Waals surface area (Å²) >= 11 is 0. The molecule has 0 aromatic heterocycles. The fourth-order valence-corrected chi connectivity index (χ4v) is 2.58. The van der Waals surface area contributed by atoms with Crippen LogP contribution in [0.15, 0.2) is 24.3 Å². The SMILES string of the molecule is C[C](C)CN1CCN(Cc2cccc([N+](=O)[O-])c2)CC1. The molecule has 0 saturated carbocycles. The van der Waals surface area contributed by atoms with Gasteiger partial charge >= 0.3 is 0 Å². The Morgan fingerprint density at radius 2 is 1.85 bits per heavy atom. The second-order valence-corrected chi connectivity index (χ2v) is 5.69. The van der Waals surface area contributed by atoms with Gasteiger partial charge in [-0.3, -0.25) is 15.0 Å². The summed E-state index contributed by atoms with van der Waals surface area (Å²) in [7, 11) is 0. The molecule has 5 nitrogen and oxygen atoms in total. The summed E-state index contributed by atoms with van der Waals surface area (Å²) in [4.78, 5) is 15.3. The number of non-ortho nitro benzene ring substituents is 1. The summed E-state index contributed by atoms with van der Waals surface area (Å²) in [5.41, 5.74) is 1.20. The summed E-state index contributed by atoms with van der Waals surface area (Å²) in [5, 5.41) is 10.8. The molecule has 2 rings (SSSR count). The van der Waals surface area contributed by atoms with Crippen molar-refractivity contribution in [1.82, 2.24) is 9.80 Å². The van der Waals surface area contributed by atoms with Crippen LogP contribution in [0.2, 0.25) is 0 Å². The van der Waals surface area contributed by atoms with Gasteiger partial charge in [-0.05, 0) is 11.5 Å². The Kier molecular flexibility index (Phi) is 5.09. The van der Waals surface area contributed by atoms with Gasteiger partial charge in [-0.25, -0.2) is 0 Å². The molecule has 1 aliphatic rings. The van der Waals surface area contributed by atoms with E-state index < -0.39 is 0 Å². The number of hydrogen-bond acceptors (Lipinski definition) is 4. The van der Waals surface area contributed by atoms with Crippen LogP contribution >= 0.6 is 0 Å². The molecule has 1 heterocycles. The molecule has 0 unspecified atom stereocenters. The van der Waals surface area contributed by atoms with Crippen molar-refractivity contribution < 1.29 is 4.92 Å². The van der Waals surface area contributed by atoms with Crippen molar-refractivity contribution in [1.29, 1.82) is 0 Å². The lowest BCUT2D eigenvalue weighted by atomic mass is 10.1. The van der Waals surface area contributed by atoms with Gasteiger partial charge in [0.25, 0.3) is 5.69 Å². The first kappa shape index (κ1) is 14.9. The first-order chi connectivity index (χ1) is 9.54. The van der Waals surface area contributed by atoms with E-state index in [0.717, 1.165) is 44.8 Å². The highest BCUT2D eigenvalue weighted by Gasteiger charge is 2.18. The van der Waals surface area contributed by atoms with E-state index in [9.17, 15) is 10.1 Å². The quantitative estimate of drug-likeness (QED) is 0.612. The highest BCUT2D eigenvalue weighted by molar-refractivity contribution is 5.34. The van der Waals surface area contributed by atoms with Crippen LogP contribution in [0.3, 0.4) is 0 Å². The van der Waals surface area contributed by atoms with Crippen molar-refractivity contribution in [3.05, 3.63) is 45.9 Å². The Morgan fingerprint density at radius 3 is 2.45 bits per heavy atom. The molecule has 1 aromatic rings. The van der Waals surface area contributed by atoms with Gasteiger partial charge in [0, 0.05) is 51.4 Å². The number of benzene rings is 1. The van der Waals surface area contributed by atoms with E-state index in [1.807, 2.05) is 6.07 Å². The highest BCUT2D eigenvalue weighted by Crippen LogP contribution is 2.16. The second-order valence-electron chi connectivity index (χ2n) is 5.69. The second kappa shape index (κ2) is 6.81. The predicted octanol–water partition coefficient (Wildman–Crippen LogP) is 2.33. The molecular weight excluding hydrogens is 254 g/mol. The van der Waals surface area contributed by atoms with E-state index in [1.165, 1.54) is 5.92 Å². The maximum absolute atomic E-state index is 10.8. The van der Waals surface area contributed by atoms with Crippen molar-refractivity contribution in [3.63, 3.8) is 0 Å². The minimum atomic E-state index is -0.332. The van der Waals surface area contributed by atoms with Crippen molar-refractivity contribution in [2.75, 3.05) is 32.7 Å². The van der Waals surface area contributed by atoms with Crippen LogP contribution in [0, 0.1) is 16.0 Å². The zero-order valence-electron chi connectivity index (χ0n) is 12.2. The molecule has 20 heavy (non-hydrogen) atoms. The molecule has 0 N–H and O–H groups in total. The molecule has 0 aliphatic carbocycles. The molecule has 1 aliphatic heterocycles. The van der Waals surface area contributed by atoms with Gasteiger partial charge in [-0.15, -0.1) is 0 Å². The molecule has 1 fully saturated rings. The predicted molar refractivity (Wildman–Crippen MR) is 79.4 cm³/mol. The zero-order chi connectivity index (χ0) is 14.5. The van der Waals surface area contributed by atoms with Gasteiger partial charge < -0.3 is 4.90 Å². The Balaban J connectivity index is 1.86. The summed E-state index contributed by atoms with van der Waals surface area (Å²) in [6.45, 7) is 10.4. The molecule has 1 saturated heterocycles. The number of nitro benzene ring substituents is 1. The van der Waals surface area contributed by atoms with Gasteiger partial charge in [-0.2, -0.15) is 0 Å². The zero-order valence-corrected chi connectivity index (χ0v) is 12.2. The number of nitrogens with zero attached hydrogens (tertiary/aromatic N) is 3. The van der Waals surface area contributed by atoms with E-state index in [1.54, 1.807) is 18.2 Å². The van der Waals surface area contributed by atoms with Crippen LogP contribution in [0.5, 0.6) is 0 Å². The average molecular weight is 276 g/mol. The first-order valence-corrected chi connectivity index (χ1v) is 7.01. The summed E-state index contributed by atoms with van der Waals surface area (Å²) in [5.74, 6) is 1.44. The normalized spacial score (nSPS) is 17.6. The molecule has 0 spiro atoms. The van der Waals surface area contributed by atoms with Crippen LogP contribution in [0.4, 0.5) is 5.69 Å². The molecule has 0 atom stereocenters. The summed E-state index contributed by atoms with van der Waals surface area (Å²) < 4.78 is 0. The average Bonchev–Trinajstić information content (AvgIpc) is 2.41. The third-order valence-electron chi connectivity index (χ3n) is 3.53. The van der Waals surface area contributed by atoms with Crippen molar-refractivity contribution in [3.8, 4) is 0 Å². The number of rotatable bonds is 5. The van der Waals surface area contributed by atoms with E-state index in [-0.39, 0.29) is 10.6 Å². The van der Waals surface area contributed by atoms with Crippen LogP contribution < -0.4 is 0 Å². The van der Waals surface area contributed by atoms with Gasteiger partial charge in [0.1, 0.15) is 0 Å². The Bertz CT molecular complexity index is 454. The van der Waals surface area contributed by atoms with E-state index in [0.29, 0.717) is 0 Å². The monoisotopic (exact) mass is 276 g/mol. The number of hydrogen-bond donors (Lipinski definition) is 0. The number of piperazine rings is 1. The molecule has 0 amide bonds. The molecule has 1 aromatic carbocycles. The lowest BCUT2D eigenvalue weighted by Gasteiger charge is -2.35. The van der Waals surface area contributed by atoms with Crippen LogP contribution in [-0.4, -0.2) is 47.4 Å². The Morgan fingerprint density at radius 1 is 1.20 bits per heavy atom. The molecule has 109 valence electrons. The lowest BCUT2D eigenvalue weighted by molar-refractivity contribution is -0.384. The third-order valence-corrected chi connectivity index (χ3v) is 3.53. The minimum Gasteiger partial charge on any atom is -0.300 e. The summed E-state index contributed by atoms with van der Waals surface area (Å²) in [6, 6.07) is 6.94. The van der Waals surface area contributed by atoms with E-state index in [2.05, 4.69) is 23.6 Å². The Hall–Kier alpha value is -1.46. The molecular formula is C15H22N3O2. The fourth-order valence-electron chi connectivity index (χ4n) is 2.58. The van der Waals surface area contributed by atoms with Gasteiger partial charge in [-0.1, -0.05) is 26.0 Å². The Labute approximate surface area is 120 Å².